The SMILES string of the molecule is COc1cc(Cl)c(C)cc1NC(=O)NC1(CO)CCCC1. The van der Waals surface area contributed by atoms with E-state index in [1.807, 2.05) is 6.92 Å². The van der Waals surface area contributed by atoms with Crippen LogP contribution in [0.4, 0.5) is 10.5 Å². The van der Waals surface area contributed by atoms with Gasteiger partial charge < -0.3 is 20.5 Å². The predicted molar refractivity (Wildman–Crippen MR) is 83.2 cm³/mol. The van der Waals surface area contributed by atoms with Gasteiger partial charge in [0.2, 0.25) is 0 Å². The topological polar surface area (TPSA) is 70.6 Å². The molecule has 1 aromatic rings. The van der Waals surface area contributed by atoms with E-state index in [0.717, 1.165) is 31.2 Å². The number of nitrogens with one attached hydrogen (secondary N) is 2. The average Bonchev–Trinajstić information content (AvgIpc) is 2.91. The minimum atomic E-state index is -0.501. The summed E-state index contributed by atoms with van der Waals surface area (Å²) in [5, 5.41) is 15.8. The predicted octanol–water partition coefficient (Wildman–Crippen LogP) is 3.08. The molecule has 0 radical (unpaired) electrons. The zero-order valence-corrected chi connectivity index (χ0v) is 13.1. The fourth-order valence-corrected chi connectivity index (χ4v) is 2.85. The number of amides is 2. The number of hydrogen-bond acceptors (Lipinski definition) is 3. The molecule has 21 heavy (non-hydrogen) atoms. The lowest BCUT2D eigenvalue weighted by Crippen LogP contribution is -2.50. The summed E-state index contributed by atoms with van der Waals surface area (Å²) in [6.07, 6.45) is 3.63. The van der Waals surface area contributed by atoms with Crippen molar-refractivity contribution < 1.29 is 14.6 Å². The Balaban J connectivity index is 2.10. The van der Waals surface area contributed by atoms with Crippen LogP contribution in [-0.4, -0.2) is 30.4 Å². The molecular formula is C15H21ClN2O3. The molecule has 5 nitrogen and oxygen atoms in total. The van der Waals surface area contributed by atoms with Crippen molar-refractivity contribution in [3.63, 3.8) is 0 Å². The molecule has 0 aromatic heterocycles. The Labute approximate surface area is 129 Å². The third kappa shape index (κ3) is 3.60. The highest BCUT2D eigenvalue weighted by molar-refractivity contribution is 6.31. The minimum absolute atomic E-state index is 0.0444. The molecule has 0 unspecified atom stereocenters. The van der Waals surface area contributed by atoms with Crippen LogP contribution >= 0.6 is 11.6 Å². The standard InChI is InChI=1S/C15H21ClN2O3/c1-10-7-12(13(21-2)8-11(10)16)17-14(20)18-15(9-19)5-3-4-6-15/h7-8,19H,3-6,9H2,1-2H3,(H2,17,18,20). The summed E-state index contributed by atoms with van der Waals surface area (Å²) < 4.78 is 5.23. The van der Waals surface area contributed by atoms with E-state index in [2.05, 4.69) is 10.6 Å². The Morgan fingerprint density at radius 1 is 1.43 bits per heavy atom. The molecular weight excluding hydrogens is 292 g/mol. The van der Waals surface area contributed by atoms with Crippen LogP contribution in [0.5, 0.6) is 5.75 Å². The number of urea groups is 1. The second-order valence-corrected chi connectivity index (χ2v) is 5.93. The normalized spacial score (nSPS) is 16.6. The number of rotatable bonds is 4. The first-order valence-electron chi connectivity index (χ1n) is 7.04. The van der Waals surface area contributed by atoms with Crippen molar-refractivity contribution in [2.75, 3.05) is 19.0 Å². The van der Waals surface area contributed by atoms with E-state index in [4.69, 9.17) is 16.3 Å². The van der Waals surface area contributed by atoms with E-state index < -0.39 is 5.54 Å². The quantitative estimate of drug-likeness (QED) is 0.800. The zero-order chi connectivity index (χ0) is 15.5. The molecule has 1 aliphatic carbocycles. The number of carbonyl (C=O) groups excluding carboxylic acids is 1. The summed E-state index contributed by atoms with van der Waals surface area (Å²) in [5.41, 5.74) is 0.909. The van der Waals surface area contributed by atoms with Gasteiger partial charge in [-0.1, -0.05) is 24.4 Å². The van der Waals surface area contributed by atoms with Crippen molar-refractivity contribution in [3.05, 3.63) is 22.7 Å². The number of anilines is 1. The average molecular weight is 313 g/mol. The maximum Gasteiger partial charge on any atom is 0.319 e. The third-order valence-corrected chi connectivity index (χ3v) is 4.38. The second-order valence-electron chi connectivity index (χ2n) is 5.53. The van der Waals surface area contributed by atoms with Gasteiger partial charge in [-0.3, -0.25) is 0 Å². The Hall–Kier alpha value is -1.46. The van der Waals surface area contributed by atoms with Gasteiger partial charge >= 0.3 is 6.03 Å². The smallest absolute Gasteiger partial charge is 0.319 e. The first kappa shape index (κ1) is 15.9. The number of benzene rings is 1. The first-order chi connectivity index (χ1) is 9.99. The fraction of sp³-hybridized carbons (Fsp3) is 0.533. The number of methoxy groups -OCH3 is 1. The number of ether oxygens (including phenoxy) is 1. The van der Waals surface area contributed by atoms with E-state index in [1.54, 1.807) is 12.1 Å². The maximum atomic E-state index is 12.2. The molecule has 0 aliphatic heterocycles. The van der Waals surface area contributed by atoms with Crippen LogP contribution in [0.3, 0.4) is 0 Å². The second kappa shape index (κ2) is 6.54. The van der Waals surface area contributed by atoms with Crippen molar-refractivity contribution in [1.29, 1.82) is 0 Å². The molecule has 1 aliphatic rings. The summed E-state index contributed by atoms with van der Waals surface area (Å²) in [6.45, 7) is 1.81. The Bertz CT molecular complexity index is 528. The number of carbonyl (C=O) groups is 1. The largest absolute Gasteiger partial charge is 0.495 e. The maximum absolute atomic E-state index is 12.2. The Kier molecular flexibility index (Phi) is 4.96. The highest BCUT2D eigenvalue weighted by Gasteiger charge is 2.34. The summed E-state index contributed by atoms with van der Waals surface area (Å²) in [5.74, 6) is 0.505. The molecule has 1 fully saturated rings. The first-order valence-corrected chi connectivity index (χ1v) is 7.42. The van der Waals surface area contributed by atoms with Gasteiger partial charge in [-0.05, 0) is 31.4 Å². The Morgan fingerprint density at radius 3 is 2.67 bits per heavy atom. The molecule has 6 heteroatoms. The van der Waals surface area contributed by atoms with E-state index in [1.165, 1.54) is 7.11 Å². The lowest BCUT2D eigenvalue weighted by molar-refractivity contribution is 0.167. The van der Waals surface area contributed by atoms with Crippen LogP contribution in [0, 0.1) is 6.92 Å². The summed E-state index contributed by atoms with van der Waals surface area (Å²) in [4.78, 5) is 12.2. The van der Waals surface area contributed by atoms with E-state index in [-0.39, 0.29) is 12.6 Å². The van der Waals surface area contributed by atoms with Gasteiger partial charge in [-0.2, -0.15) is 0 Å². The van der Waals surface area contributed by atoms with Crippen LogP contribution in [0.2, 0.25) is 5.02 Å². The molecule has 0 saturated heterocycles. The fourth-order valence-electron chi connectivity index (χ4n) is 2.70. The molecule has 1 saturated carbocycles. The van der Waals surface area contributed by atoms with Gasteiger partial charge in [0.05, 0.1) is 24.9 Å². The monoisotopic (exact) mass is 312 g/mol. The van der Waals surface area contributed by atoms with Crippen molar-refractivity contribution >= 4 is 23.3 Å². The third-order valence-electron chi connectivity index (χ3n) is 3.97. The summed E-state index contributed by atoms with van der Waals surface area (Å²) >= 11 is 6.04. The highest BCUT2D eigenvalue weighted by Crippen LogP contribution is 2.32. The molecule has 0 heterocycles. The molecule has 0 atom stereocenters. The lowest BCUT2D eigenvalue weighted by atomic mass is 9.99. The van der Waals surface area contributed by atoms with Gasteiger partial charge in [0.15, 0.2) is 0 Å². The van der Waals surface area contributed by atoms with Crippen molar-refractivity contribution in [1.82, 2.24) is 5.32 Å². The number of aliphatic hydroxyl groups is 1. The lowest BCUT2D eigenvalue weighted by Gasteiger charge is -2.28. The minimum Gasteiger partial charge on any atom is -0.495 e. The molecule has 0 spiro atoms. The van der Waals surface area contributed by atoms with E-state index >= 15 is 0 Å². The van der Waals surface area contributed by atoms with Crippen LogP contribution in [0.1, 0.15) is 31.2 Å². The van der Waals surface area contributed by atoms with Crippen LogP contribution in [0.25, 0.3) is 0 Å². The van der Waals surface area contributed by atoms with Gasteiger partial charge in [-0.15, -0.1) is 0 Å². The zero-order valence-electron chi connectivity index (χ0n) is 12.3. The molecule has 1 aromatic carbocycles. The molecule has 0 bridgehead atoms. The van der Waals surface area contributed by atoms with Crippen LogP contribution in [-0.2, 0) is 0 Å². The van der Waals surface area contributed by atoms with Gasteiger partial charge in [0.1, 0.15) is 5.75 Å². The van der Waals surface area contributed by atoms with E-state index in [9.17, 15) is 9.90 Å². The molecule has 2 amide bonds. The van der Waals surface area contributed by atoms with Crippen LogP contribution in [0.15, 0.2) is 12.1 Å². The molecule has 116 valence electrons. The van der Waals surface area contributed by atoms with Gasteiger partial charge in [-0.25, -0.2) is 4.79 Å². The number of halogens is 1. The van der Waals surface area contributed by atoms with E-state index in [0.29, 0.717) is 16.5 Å². The van der Waals surface area contributed by atoms with Crippen molar-refractivity contribution in [2.45, 2.75) is 38.1 Å². The number of aliphatic hydroxyl groups excluding tert-OH is 1. The van der Waals surface area contributed by atoms with Crippen LogP contribution < -0.4 is 15.4 Å². The molecule has 2 rings (SSSR count). The van der Waals surface area contributed by atoms with Crippen molar-refractivity contribution in [3.8, 4) is 5.75 Å². The molecule has 3 N–H and O–H groups in total. The van der Waals surface area contributed by atoms with Gasteiger partial charge in [0.25, 0.3) is 0 Å². The highest BCUT2D eigenvalue weighted by atomic mass is 35.5. The van der Waals surface area contributed by atoms with Crippen molar-refractivity contribution in [2.24, 2.45) is 0 Å². The Morgan fingerprint density at radius 2 is 2.10 bits per heavy atom. The van der Waals surface area contributed by atoms with Gasteiger partial charge in [0, 0.05) is 11.1 Å². The summed E-state index contributed by atoms with van der Waals surface area (Å²) in [7, 11) is 1.52. The number of aryl methyl sites for hydroxylation is 1. The summed E-state index contributed by atoms with van der Waals surface area (Å²) in [6, 6.07) is 3.09. The number of hydrogen-bond donors (Lipinski definition) is 3.